The maximum absolute atomic E-state index is 11.9. The van der Waals surface area contributed by atoms with Crippen molar-refractivity contribution in [1.82, 2.24) is 9.88 Å². The van der Waals surface area contributed by atoms with Crippen LogP contribution in [0.25, 0.3) is 0 Å². The first-order valence-electron chi connectivity index (χ1n) is 5.83. The molecule has 1 fully saturated rings. The number of hydrogen-bond donors (Lipinski definition) is 2. The van der Waals surface area contributed by atoms with Gasteiger partial charge in [0.1, 0.15) is 0 Å². The van der Waals surface area contributed by atoms with E-state index in [2.05, 4.69) is 9.88 Å². The van der Waals surface area contributed by atoms with E-state index in [4.69, 9.17) is 5.11 Å². The highest BCUT2D eigenvalue weighted by molar-refractivity contribution is 5.95. The fourth-order valence-electron chi connectivity index (χ4n) is 2.04. The first-order chi connectivity index (χ1) is 7.81. The summed E-state index contributed by atoms with van der Waals surface area (Å²) in [5.74, 6) is 0.102. The van der Waals surface area contributed by atoms with Gasteiger partial charge in [-0.25, -0.2) is 0 Å². The van der Waals surface area contributed by atoms with Crippen molar-refractivity contribution in [3.8, 4) is 0 Å². The fourth-order valence-corrected chi connectivity index (χ4v) is 2.04. The molecule has 2 rings (SSSR count). The largest absolute Gasteiger partial charge is 0.395 e. The highest BCUT2D eigenvalue weighted by Crippen LogP contribution is 2.24. The molecule has 88 valence electrons. The first kappa shape index (κ1) is 11.4. The molecule has 1 aliphatic rings. The number of aromatic amines is 1. The molecule has 0 bridgehead atoms. The molecule has 1 heterocycles. The lowest BCUT2D eigenvalue weighted by Crippen LogP contribution is -2.44. The van der Waals surface area contributed by atoms with Gasteiger partial charge in [0, 0.05) is 18.8 Å². The zero-order chi connectivity index (χ0) is 11.4. The van der Waals surface area contributed by atoms with Gasteiger partial charge in [0.15, 0.2) is 5.78 Å². The van der Waals surface area contributed by atoms with E-state index in [1.54, 1.807) is 12.3 Å². The number of nitrogens with zero attached hydrogens (tertiary/aromatic N) is 1. The molecule has 0 radical (unpaired) electrons. The molecular formula is C12H18N2O2. The summed E-state index contributed by atoms with van der Waals surface area (Å²) in [6.07, 6.45) is 5.30. The van der Waals surface area contributed by atoms with Crippen LogP contribution in [0.1, 0.15) is 29.8 Å². The molecule has 0 aromatic carbocycles. The minimum Gasteiger partial charge on any atom is -0.395 e. The highest BCUT2D eigenvalue weighted by atomic mass is 16.3. The summed E-state index contributed by atoms with van der Waals surface area (Å²) >= 11 is 0. The van der Waals surface area contributed by atoms with E-state index < -0.39 is 0 Å². The molecule has 4 heteroatoms. The molecule has 0 unspecified atom stereocenters. The quantitative estimate of drug-likeness (QED) is 0.707. The maximum atomic E-state index is 11.9. The smallest absolute Gasteiger partial charge is 0.192 e. The number of rotatable bonds is 6. The van der Waals surface area contributed by atoms with Crippen LogP contribution in [0.5, 0.6) is 0 Å². The first-order valence-corrected chi connectivity index (χ1v) is 5.83. The molecule has 1 aromatic heterocycles. The van der Waals surface area contributed by atoms with E-state index >= 15 is 0 Å². The van der Waals surface area contributed by atoms with E-state index in [1.807, 2.05) is 6.07 Å². The summed E-state index contributed by atoms with van der Waals surface area (Å²) in [6.45, 7) is 1.12. The average molecular weight is 222 g/mol. The van der Waals surface area contributed by atoms with Gasteiger partial charge in [-0.3, -0.25) is 9.69 Å². The van der Waals surface area contributed by atoms with Gasteiger partial charge in [-0.1, -0.05) is 6.42 Å². The van der Waals surface area contributed by atoms with Crippen LogP contribution in [0, 0.1) is 0 Å². The molecule has 0 spiro atoms. The topological polar surface area (TPSA) is 56.3 Å². The third-order valence-electron chi connectivity index (χ3n) is 3.22. The number of carbonyl (C=O) groups is 1. The number of aliphatic hydroxyl groups is 1. The van der Waals surface area contributed by atoms with E-state index in [0.29, 0.717) is 24.8 Å². The third-order valence-corrected chi connectivity index (χ3v) is 3.22. The Morgan fingerprint density at radius 3 is 2.88 bits per heavy atom. The molecular weight excluding hydrogens is 204 g/mol. The Morgan fingerprint density at radius 2 is 2.38 bits per heavy atom. The number of H-pyrrole nitrogens is 1. The lowest BCUT2D eigenvalue weighted by molar-refractivity contribution is 0.0744. The normalized spacial score (nSPS) is 16.4. The predicted molar refractivity (Wildman–Crippen MR) is 61.4 cm³/mol. The van der Waals surface area contributed by atoms with Crippen LogP contribution >= 0.6 is 0 Å². The Bertz CT molecular complexity index is 331. The number of aromatic nitrogens is 1. The summed E-state index contributed by atoms with van der Waals surface area (Å²) in [5.41, 5.74) is 0.655. The van der Waals surface area contributed by atoms with Crippen LogP contribution in [0.15, 0.2) is 18.3 Å². The van der Waals surface area contributed by atoms with E-state index in [-0.39, 0.29) is 12.4 Å². The summed E-state index contributed by atoms with van der Waals surface area (Å²) < 4.78 is 0. The van der Waals surface area contributed by atoms with Crippen LogP contribution in [-0.2, 0) is 0 Å². The Hall–Kier alpha value is -1.13. The van der Waals surface area contributed by atoms with Crippen LogP contribution in [0.3, 0.4) is 0 Å². The molecule has 1 aliphatic carbocycles. The van der Waals surface area contributed by atoms with Crippen LogP contribution in [0.4, 0.5) is 0 Å². The summed E-state index contributed by atoms with van der Waals surface area (Å²) in [5, 5.41) is 8.99. The molecule has 16 heavy (non-hydrogen) atoms. The molecule has 0 amide bonds. The SMILES string of the molecule is O=C(CN(CCO)C1CCC1)c1ccc[nH]1. The number of hydrogen-bond acceptors (Lipinski definition) is 3. The second-order valence-corrected chi connectivity index (χ2v) is 4.29. The maximum Gasteiger partial charge on any atom is 0.192 e. The van der Waals surface area contributed by atoms with Crippen molar-refractivity contribution in [2.24, 2.45) is 0 Å². The third kappa shape index (κ3) is 2.51. The second-order valence-electron chi connectivity index (χ2n) is 4.29. The fraction of sp³-hybridized carbons (Fsp3) is 0.583. The number of Topliss-reactive ketones (excluding diaryl/α,β-unsaturated/α-hetero) is 1. The Labute approximate surface area is 95.3 Å². The minimum atomic E-state index is 0.102. The summed E-state index contributed by atoms with van der Waals surface area (Å²) in [6, 6.07) is 4.11. The van der Waals surface area contributed by atoms with Gasteiger partial charge in [0.2, 0.25) is 0 Å². The molecule has 0 saturated heterocycles. The van der Waals surface area contributed by atoms with Crippen LogP contribution < -0.4 is 0 Å². The van der Waals surface area contributed by atoms with Crippen molar-refractivity contribution in [1.29, 1.82) is 0 Å². The second kappa shape index (κ2) is 5.27. The van der Waals surface area contributed by atoms with Crippen molar-refractivity contribution in [3.63, 3.8) is 0 Å². The molecule has 2 N–H and O–H groups in total. The molecule has 0 atom stereocenters. The summed E-state index contributed by atoms with van der Waals surface area (Å²) in [7, 11) is 0. The van der Waals surface area contributed by atoms with Crippen molar-refractivity contribution < 1.29 is 9.90 Å². The van der Waals surface area contributed by atoms with Gasteiger partial charge in [0.05, 0.1) is 18.8 Å². The lowest BCUT2D eigenvalue weighted by Gasteiger charge is -2.36. The van der Waals surface area contributed by atoms with E-state index in [0.717, 1.165) is 12.8 Å². The average Bonchev–Trinajstić information content (AvgIpc) is 2.67. The Balaban J connectivity index is 1.91. The molecule has 1 saturated carbocycles. The predicted octanol–water partition coefficient (Wildman–Crippen LogP) is 1.04. The molecule has 0 aliphatic heterocycles. The van der Waals surface area contributed by atoms with Gasteiger partial charge in [-0.15, -0.1) is 0 Å². The number of carbonyl (C=O) groups excluding carboxylic acids is 1. The van der Waals surface area contributed by atoms with E-state index in [1.165, 1.54) is 6.42 Å². The van der Waals surface area contributed by atoms with Gasteiger partial charge < -0.3 is 10.1 Å². The van der Waals surface area contributed by atoms with Crippen molar-refractivity contribution in [2.45, 2.75) is 25.3 Å². The molecule has 1 aromatic rings. The van der Waals surface area contributed by atoms with Gasteiger partial charge >= 0.3 is 0 Å². The minimum absolute atomic E-state index is 0.102. The van der Waals surface area contributed by atoms with Crippen molar-refractivity contribution in [2.75, 3.05) is 19.7 Å². The monoisotopic (exact) mass is 222 g/mol. The summed E-state index contributed by atoms with van der Waals surface area (Å²) in [4.78, 5) is 16.9. The van der Waals surface area contributed by atoms with Crippen molar-refractivity contribution >= 4 is 5.78 Å². The Kier molecular flexibility index (Phi) is 3.74. The van der Waals surface area contributed by atoms with Crippen LogP contribution in [0.2, 0.25) is 0 Å². The lowest BCUT2D eigenvalue weighted by atomic mass is 9.91. The van der Waals surface area contributed by atoms with Crippen LogP contribution in [-0.4, -0.2) is 46.5 Å². The number of ketones is 1. The molecule has 4 nitrogen and oxygen atoms in total. The van der Waals surface area contributed by atoms with Gasteiger partial charge in [-0.05, 0) is 25.0 Å². The Morgan fingerprint density at radius 1 is 1.56 bits per heavy atom. The zero-order valence-corrected chi connectivity index (χ0v) is 9.35. The number of nitrogens with one attached hydrogen (secondary N) is 1. The van der Waals surface area contributed by atoms with E-state index in [9.17, 15) is 4.79 Å². The standard InChI is InChI=1S/C12H18N2O2/c15-8-7-14(10-3-1-4-10)9-12(16)11-5-2-6-13-11/h2,5-6,10,13,15H,1,3-4,7-9H2. The van der Waals surface area contributed by atoms with Gasteiger partial charge in [-0.2, -0.15) is 0 Å². The highest BCUT2D eigenvalue weighted by Gasteiger charge is 2.26. The van der Waals surface area contributed by atoms with Gasteiger partial charge in [0.25, 0.3) is 0 Å². The number of aliphatic hydroxyl groups excluding tert-OH is 1. The zero-order valence-electron chi connectivity index (χ0n) is 9.35. The van der Waals surface area contributed by atoms with Crippen molar-refractivity contribution in [3.05, 3.63) is 24.0 Å².